The fourth-order valence-electron chi connectivity index (χ4n) is 1.09. The molecule has 0 heterocycles. The molecule has 0 aliphatic rings. The molecule has 2 N–H and O–H groups in total. The number of benzene rings is 1. The number of sulfonamides is 1. The molecule has 0 fully saturated rings. The zero-order valence-electron chi connectivity index (χ0n) is 8.60. The molecular weight excluding hydrogens is 298 g/mol. The van der Waals surface area contributed by atoms with Gasteiger partial charge < -0.3 is 9.84 Å². The van der Waals surface area contributed by atoms with Gasteiger partial charge in [0.1, 0.15) is 5.75 Å². The third-order valence-corrected chi connectivity index (χ3v) is 3.46. The topological polar surface area (TPSA) is 75.6 Å². The van der Waals surface area contributed by atoms with E-state index in [1.165, 1.54) is 7.11 Å². The molecule has 0 atom stereocenters. The summed E-state index contributed by atoms with van der Waals surface area (Å²) in [7, 11) is -2.01. The predicted molar refractivity (Wildman–Crippen MR) is 65.2 cm³/mol. The third-order valence-electron chi connectivity index (χ3n) is 1.74. The number of nitrogens with one attached hydrogen (secondary N) is 1. The maximum Gasteiger partial charge on any atom is 0.234 e. The molecule has 0 aliphatic heterocycles. The van der Waals surface area contributed by atoms with E-state index in [2.05, 4.69) is 20.7 Å². The Morgan fingerprint density at radius 1 is 1.44 bits per heavy atom. The molecule has 16 heavy (non-hydrogen) atoms. The summed E-state index contributed by atoms with van der Waals surface area (Å²) in [6.45, 7) is -0.416. The minimum atomic E-state index is -3.50. The first-order valence-corrected chi connectivity index (χ1v) is 6.87. The molecule has 0 radical (unpaired) electrons. The monoisotopic (exact) mass is 309 g/mol. The van der Waals surface area contributed by atoms with E-state index in [4.69, 9.17) is 9.84 Å². The summed E-state index contributed by atoms with van der Waals surface area (Å²) in [5, 5.41) is 8.58. The van der Waals surface area contributed by atoms with Gasteiger partial charge in [-0.15, -0.1) is 0 Å². The van der Waals surface area contributed by atoms with Crippen LogP contribution in [0.1, 0.15) is 0 Å². The van der Waals surface area contributed by atoms with Gasteiger partial charge in [-0.1, -0.05) is 15.9 Å². The molecule has 90 valence electrons. The summed E-state index contributed by atoms with van der Waals surface area (Å²) in [5.74, 6) is 0.207. The maximum atomic E-state index is 11.4. The van der Waals surface area contributed by atoms with Crippen LogP contribution in [0.25, 0.3) is 0 Å². The van der Waals surface area contributed by atoms with Crippen molar-refractivity contribution < 1.29 is 18.3 Å². The highest BCUT2D eigenvalue weighted by Gasteiger charge is 2.10. The van der Waals surface area contributed by atoms with E-state index in [1.807, 2.05) is 0 Å². The van der Waals surface area contributed by atoms with Gasteiger partial charge in [0.15, 0.2) is 0 Å². The van der Waals surface area contributed by atoms with E-state index in [1.54, 1.807) is 18.2 Å². The quantitative estimate of drug-likeness (QED) is 0.857. The minimum absolute atomic E-state index is 0.332. The lowest BCUT2D eigenvalue weighted by atomic mass is 10.3. The van der Waals surface area contributed by atoms with Gasteiger partial charge in [-0.3, -0.25) is 4.72 Å². The van der Waals surface area contributed by atoms with Gasteiger partial charge in [0.2, 0.25) is 10.0 Å². The maximum absolute atomic E-state index is 11.4. The molecule has 1 aromatic rings. The molecule has 1 rings (SSSR count). The van der Waals surface area contributed by atoms with Crippen LogP contribution in [0.3, 0.4) is 0 Å². The fourth-order valence-corrected chi connectivity index (χ4v) is 2.38. The Hall–Kier alpha value is -0.790. The van der Waals surface area contributed by atoms with Crippen molar-refractivity contribution in [3.63, 3.8) is 0 Å². The lowest BCUT2D eigenvalue weighted by molar-refractivity contribution is 0.320. The molecule has 5 nitrogen and oxygen atoms in total. The number of ether oxygens (including phenoxy) is 1. The second-order valence-electron chi connectivity index (χ2n) is 3.02. The number of rotatable bonds is 5. The van der Waals surface area contributed by atoms with Gasteiger partial charge in [-0.05, 0) is 12.1 Å². The van der Waals surface area contributed by atoms with E-state index in [0.717, 1.165) is 0 Å². The molecule has 0 spiro atoms. The van der Waals surface area contributed by atoms with Crippen LogP contribution in [0.5, 0.6) is 5.75 Å². The van der Waals surface area contributed by atoms with Crippen molar-refractivity contribution >= 4 is 31.6 Å². The third kappa shape index (κ3) is 3.99. The van der Waals surface area contributed by atoms with Crippen LogP contribution in [0, 0.1) is 0 Å². The van der Waals surface area contributed by atoms with Gasteiger partial charge >= 0.3 is 0 Å². The Labute approximate surface area is 103 Å². The van der Waals surface area contributed by atoms with E-state index in [-0.39, 0.29) is 5.75 Å². The standard InChI is InChI=1S/C9H12BrNO4S/c1-15-9-5-7(10)4-8(6-9)11-16(13,14)3-2-12/h4-6,11-12H,2-3H2,1H3. The van der Waals surface area contributed by atoms with E-state index >= 15 is 0 Å². The second kappa shape index (κ2) is 5.51. The number of halogens is 1. The van der Waals surface area contributed by atoms with Crippen LogP contribution in [0.2, 0.25) is 0 Å². The van der Waals surface area contributed by atoms with Gasteiger partial charge in [0.25, 0.3) is 0 Å². The number of hydrogen-bond acceptors (Lipinski definition) is 4. The predicted octanol–water partition coefficient (Wildman–Crippen LogP) is 1.19. The number of anilines is 1. The van der Waals surface area contributed by atoms with Crippen LogP contribution in [-0.2, 0) is 10.0 Å². The highest BCUT2D eigenvalue weighted by atomic mass is 79.9. The summed E-state index contributed by atoms with van der Waals surface area (Å²) in [4.78, 5) is 0. The molecule has 0 saturated carbocycles. The molecule has 0 aliphatic carbocycles. The Morgan fingerprint density at radius 3 is 2.69 bits per heavy atom. The number of aliphatic hydroxyl groups excluding tert-OH is 1. The van der Waals surface area contributed by atoms with E-state index in [0.29, 0.717) is 15.9 Å². The van der Waals surface area contributed by atoms with Crippen molar-refractivity contribution in [2.24, 2.45) is 0 Å². The summed E-state index contributed by atoms with van der Waals surface area (Å²) < 4.78 is 30.8. The Morgan fingerprint density at radius 2 is 2.12 bits per heavy atom. The first kappa shape index (κ1) is 13.3. The molecule has 1 aromatic carbocycles. The average molecular weight is 310 g/mol. The van der Waals surface area contributed by atoms with Gasteiger partial charge in [-0.25, -0.2) is 8.42 Å². The zero-order valence-corrected chi connectivity index (χ0v) is 11.0. The van der Waals surface area contributed by atoms with Crippen molar-refractivity contribution in [1.82, 2.24) is 0 Å². The average Bonchev–Trinajstić information content (AvgIpc) is 2.15. The number of aliphatic hydroxyl groups is 1. The van der Waals surface area contributed by atoms with Gasteiger partial charge in [0, 0.05) is 10.5 Å². The molecular formula is C9H12BrNO4S. The summed E-state index contributed by atoms with van der Waals surface area (Å²) >= 11 is 3.24. The van der Waals surface area contributed by atoms with Crippen LogP contribution in [-0.4, -0.2) is 33.0 Å². The number of hydrogen-bond donors (Lipinski definition) is 2. The van der Waals surface area contributed by atoms with Crippen molar-refractivity contribution in [3.05, 3.63) is 22.7 Å². The van der Waals surface area contributed by atoms with Crippen LogP contribution in [0.4, 0.5) is 5.69 Å². The zero-order chi connectivity index (χ0) is 12.2. The fraction of sp³-hybridized carbons (Fsp3) is 0.333. The SMILES string of the molecule is COc1cc(Br)cc(NS(=O)(=O)CCO)c1. The van der Waals surface area contributed by atoms with Crippen molar-refractivity contribution in [3.8, 4) is 5.75 Å². The van der Waals surface area contributed by atoms with Crippen molar-refractivity contribution in [1.29, 1.82) is 0 Å². The molecule has 0 aromatic heterocycles. The minimum Gasteiger partial charge on any atom is -0.497 e. The van der Waals surface area contributed by atoms with Gasteiger partial charge in [0.05, 0.1) is 25.2 Å². The van der Waals surface area contributed by atoms with Crippen LogP contribution >= 0.6 is 15.9 Å². The summed E-state index contributed by atoms with van der Waals surface area (Å²) in [5.41, 5.74) is 0.389. The lowest BCUT2D eigenvalue weighted by Gasteiger charge is -2.09. The normalized spacial score (nSPS) is 11.2. The molecule has 0 bridgehead atoms. The Bertz CT molecular complexity index is 461. The summed E-state index contributed by atoms with van der Waals surface area (Å²) in [6.07, 6.45) is 0. The first-order valence-electron chi connectivity index (χ1n) is 4.43. The van der Waals surface area contributed by atoms with E-state index < -0.39 is 16.6 Å². The van der Waals surface area contributed by atoms with E-state index in [9.17, 15) is 8.42 Å². The molecule has 0 unspecified atom stereocenters. The lowest BCUT2D eigenvalue weighted by Crippen LogP contribution is -2.18. The number of methoxy groups -OCH3 is 1. The largest absolute Gasteiger partial charge is 0.497 e. The van der Waals surface area contributed by atoms with Crippen LogP contribution < -0.4 is 9.46 Å². The molecule has 0 saturated heterocycles. The van der Waals surface area contributed by atoms with Crippen LogP contribution in [0.15, 0.2) is 22.7 Å². The summed E-state index contributed by atoms with van der Waals surface area (Å²) in [6, 6.07) is 4.88. The first-order chi connectivity index (χ1) is 7.46. The smallest absolute Gasteiger partial charge is 0.234 e. The molecule has 0 amide bonds. The van der Waals surface area contributed by atoms with Gasteiger partial charge in [-0.2, -0.15) is 0 Å². The highest BCUT2D eigenvalue weighted by molar-refractivity contribution is 9.10. The molecule has 7 heteroatoms. The second-order valence-corrected chi connectivity index (χ2v) is 5.78. The van der Waals surface area contributed by atoms with Crippen molar-refractivity contribution in [2.75, 3.05) is 24.2 Å². The van der Waals surface area contributed by atoms with Crippen molar-refractivity contribution in [2.45, 2.75) is 0 Å². The Kier molecular flexibility index (Phi) is 4.57. The Balaban J connectivity index is 2.93. The highest BCUT2D eigenvalue weighted by Crippen LogP contribution is 2.25.